The first-order chi connectivity index (χ1) is 20.8. The van der Waals surface area contributed by atoms with Gasteiger partial charge < -0.3 is 0 Å². The molecule has 0 saturated carbocycles. The summed E-state index contributed by atoms with van der Waals surface area (Å²) >= 11 is 1.76. The van der Waals surface area contributed by atoms with Crippen LogP contribution in [-0.4, -0.2) is 19.5 Å². The van der Waals surface area contributed by atoms with Gasteiger partial charge in [0.05, 0.1) is 21.3 Å². The second-order valence-electron chi connectivity index (χ2n) is 10.5. The first-order valence-electron chi connectivity index (χ1n) is 13.9. The van der Waals surface area contributed by atoms with Crippen molar-refractivity contribution < 1.29 is 0 Å². The molecule has 4 heterocycles. The monoisotopic (exact) mass is 554 g/mol. The van der Waals surface area contributed by atoms with Gasteiger partial charge in [0.2, 0.25) is 0 Å². The molecule has 9 aromatic rings. The van der Waals surface area contributed by atoms with E-state index < -0.39 is 0 Å². The molecule has 0 N–H and O–H groups in total. The molecular formula is C37H22N4S. The van der Waals surface area contributed by atoms with Gasteiger partial charge >= 0.3 is 0 Å². The van der Waals surface area contributed by atoms with E-state index >= 15 is 0 Å². The highest BCUT2D eigenvalue weighted by molar-refractivity contribution is 7.26. The molecule has 0 spiro atoms. The van der Waals surface area contributed by atoms with Gasteiger partial charge in [0, 0.05) is 38.8 Å². The largest absolute Gasteiger partial charge is 0.292 e. The van der Waals surface area contributed by atoms with Gasteiger partial charge in [0.1, 0.15) is 0 Å². The van der Waals surface area contributed by atoms with E-state index in [0.29, 0.717) is 5.82 Å². The third kappa shape index (κ3) is 3.51. The number of rotatable bonds is 3. The molecule has 0 atom stereocenters. The molecule has 0 amide bonds. The lowest BCUT2D eigenvalue weighted by Gasteiger charge is -2.11. The Kier molecular flexibility index (Phi) is 5.03. The Morgan fingerprint density at radius 1 is 0.524 bits per heavy atom. The third-order valence-electron chi connectivity index (χ3n) is 8.11. The maximum atomic E-state index is 5.34. The maximum absolute atomic E-state index is 5.34. The molecule has 0 fully saturated rings. The van der Waals surface area contributed by atoms with Crippen molar-refractivity contribution in [1.29, 1.82) is 0 Å². The molecule has 0 unspecified atom stereocenters. The van der Waals surface area contributed by atoms with Crippen LogP contribution in [0.4, 0.5) is 0 Å². The van der Waals surface area contributed by atoms with Gasteiger partial charge in [-0.3, -0.25) is 9.55 Å². The first kappa shape index (κ1) is 23.3. The lowest BCUT2D eigenvalue weighted by molar-refractivity contribution is 1.08. The molecule has 0 aliphatic rings. The van der Waals surface area contributed by atoms with Gasteiger partial charge in [-0.25, -0.2) is 9.97 Å². The van der Waals surface area contributed by atoms with E-state index in [2.05, 4.69) is 119 Å². The van der Waals surface area contributed by atoms with E-state index in [4.69, 9.17) is 9.97 Å². The van der Waals surface area contributed by atoms with Crippen LogP contribution in [0, 0.1) is 0 Å². The molecule has 42 heavy (non-hydrogen) atoms. The maximum Gasteiger partial charge on any atom is 0.162 e. The van der Waals surface area contributed by atoms with E-state index in [9.17, 15) is 0 Å². The second-order valence-corrected chi connectivity index (χ2v) is 11.6. The molecule has 0 radical (unpaired) electrons. The van der Waals surface area contributed by atoms with Gasteiger partial charge in [-0.15, -0.1) is 11.3 Å². The molecule has 4 nitrogen and oxygen atoms in total. The van der Waals surface area contributed by atoms with E-state index in [1.165, 1.54) is 26.2 Å². The minimum absolute atomic E-state index is 0.717. The van der Waals surface area contributed by atoms with Crippen LogP contribution in [0.2, 0.25) is 0 Å². The van der Waals surface area contributed by atoms with Crippen molar-refractivity contribution in [3.8, 4) is 28.3 Å². The number of benzene rings is 5. The van der Waals surface area contributed by atoms with Crippen molar-refractivity contribution in [2.75, 3.05) is 0 Å². The van der Waals surface area contributed by atoms with Gasteiger partial charge in [-0.1, -0.05) is 84.9 Å². The number of para-hydroxylation sites is 1. The second kappa shape index (κ2) is 9.06. The number of thiophene rings is 1. The molecule has 196 valence electrons. The van der Waals surface area contributed by atoms with Crippen LogP contribution >= 0.6 is 11.3 Å². The lowest BCUT2D eigenvalue weighted by Crippen LogP contribution is -2.01. The van der Waals surface area contributed by atoms with Crippen molar-refractivity contribution >= 4 is 64.2 Å². The number of nitrogens with zero attached hydrogens (tertiary/aromatic N) is 4. The quantitative estimate of drug-likeness (QED) is 0.218. The molecule has 5 heteroatoms. The summed E-state index contributed by atoms with van der Waals surface area (Å²) in [5.41, 5.74) is 6.52. The lowest BCUT2D eigenvalue weighted by atomic mass is 10.0. The van der Waals surface area contributed by atoms with E-state index in [1.54, 1.807) is 11.3 Å². The summed E-state index contributed by atoms with van der Waals surface area (Å²) in [6.07, 6.45) is 3.65. The number of hydrogen-bond acceptors (Lipinski definition) is 4. The molecule has 9 rings (SSSR count). The Morgan fingerprint density at radius 2 is 1.19 bits per heavy atom. The van der Waals surface area contributed by atoms with Crippen molar-refractivity contribution in [1.82, 2.24) is 19.5 Å². The fourth-order valence-corrected chi connectivity index (χ4v) is 7.22. The van der Waals surface area contributed by atoms with E-state index in [1.807, 2.05) is 24.5 Å². The summed E-state index contributed by atoms with van der Waals surface area (Å²) in [5.74, 6) is 1.63. The number of pyridine rings is 1. The molecule has 4 aromatic heterocycles. The Bertz CT molecular complexity index is 2460. The summed E-state index contributed by atoms with van der Waals surface area (Å²) in [7, 11) is 0. The summed E-state index contributed by atoms with van der Waals surface area (Å²) < 4.78 is 4.63. The predicted octanol–water partition coefficient (Wildman–Crippen LogP) is 9.82. The number of fused-ring (bicyclic) bond motifs is 7. The fraction of sp³-hybridized carbons (Fsp3) is 0. The van der Waals surface area contributed by atoms with Gasteiger partial charge in [0.15, 0.2) is 11.6 Å². The topological polar surface area (TPSA) is 43.6 Å². The van der Waals surface area contributed by atoms with Crippen molar-refractivity contribution in [3.05, 3.63) is 134 Å². The average Bonchev–Trinajstić information content (AvgIpc) is 3.59. The van der Waals surface area contributed by atoms with Gasteiger partial charge in [-0.2, -0.15) is 0 Å². The summed E-state index contributed by atoms with van der Waals surface area (Å²) in [4.78, 5) is 14.7. The minimum Gasteiger partial charge on any atom is -0.292 e. The van der Waals surface area contributed by atoms with Crippen molar-refractivity contribution in [2.24, 2.45) is 0 Å². The van der Waals surface area contributed by atoms with Gasteiger partial charge in [0.25, 0.3) is 0 Å². The molecule has 0 bridgehead atoms. The number of aromatic nitrogens is 4. The number of hydrogen-bond donors (Lipinski definition) is 0. The zero-order valence-corrected chi connectivity index (χ0v) is 23.2. The Hall–Kier alpha value is -5.39. The Labute approximate surface area is 245 Å². The minimum atomic E-state index is 0.717. The molecule has 0 aliphatic carbocycles. The highest BCUT2D eigenvalue weighted by Crippen LogP contribution is 2.41. The summed E-state index contributed by atoms with van der Waals surface area (Å²) in [5, 5.41) is 6.04. The molecule has 5 aromatic carbocycles. The zero-order chi connectivity index (χ0) is 27.6. The summed E-state index contributed by atoms with van der Waals surface area (Å²) in [6, 6.07) is 42.9. The fourth-order valence-electron chi connectivity index (χ4n) is 6.10. The van der Waals surface area contributed by atoms with Crippen LogP contribution in [0.3, 0.4) is 0 Å². The molecule has 0 saturated heterocycles. The zero-order valence-electron chi connectivity index (χ0n) is 22.4. The van der Waals surface area contributed by atoms with Crippen LogP contribution in [0.15, 0.2) is 134 Å². The Balaban J connectivity index is 1.36. The summed E-state index contributed by atoms with van der Waals surface area (Å²) in [6.45, 7) is 0. The van der Waals surface area contributed by atoms with Crippen LogP contribution in [0.25, 0.3) is 81.2 Å². The van der Waals surface area contributed by atoms with Crippen LogP contribution in [-0.2, 0) is 0 Å². The predicted molar refractivity (Wildman–Crippen MR) is 175 cm³/mol. The van der Waals surface area contributed by atoms with Crippen LogP contribution < -0.4 is 0 Å². The normalized spacial score (nSPS) is 11.8. The highest BCUT2D eigenvalue weighted by atomic mass is 32.1. The third-order valence-corrected chi connectivity index (χ3v) is 9.27. The van der Waals surface area contributed by atoms with Gasteiger partial charge in [-0.05, 0) is 58.3 Å². The van der Waals surface area contributed by atoms with Crippen molar-refractivity contribution in [2.45, 2.75) is 0 Å². The molecule has 0 aliphatic heterocycles. The van der Waals surface area contributed by atoms with E-state index in [-0.39, 0.29) is 0 Å². The van der Waals surface area contributed by atoms with Crippen molar-refractivity contribution in [3.63, 3.8) is 0 Å². The SMILES string of the molecule is c1ccc2cc3c(cc2c1)c1ccccc1n3-c1nc(-c2ccc(-c3ccncc3)cc2)nc2c1sc1ccccc12. The van der Waals surface area contributed by atoms with Crippen LogP contribution in [0.1, 0.15) is 0 Å². The Morgan fingerprint density at radius 3 is 2.02 bits per heavy atom. The average molecular weight is 555 g/mol. The standard InChI is InChI=1S/C37H22N4S/c1-2-8-27-22-32-30(21-26(27)7-1)28-9-3-5-11-31(28)41(32)37-35-34(29-10-4-6-12-33(29)42-35)39-36(40-37)25-15-13-23(14-16-25)24-17-19-38-20-18-24/h1-22H. The molecular weight excluding hydrogens is 533 g/mol. The van der Waals surface area contributed by atoms with E-state index in [0.717, 1.165) is 49.1 Å². The first-order valence-corrected chi connectivity index (χ1v) is 14.8. The smallest absolute Gasteiger partial charge is 0.162 e. The highest BCUT2D eigenvalue weighted by Gasteiger charge is 2.21. The van der Waals surface area contributed by atoms with Crippen LogP contribution in [0.5, 0.6) is 0 Å².